The Bertz CT molecular complexity index is 371. The fourth-order valence-electron chi connectivity index (χ4n) is 2.02. The monoisotopic (exact) mass is 257 g/mol. The molecule has 1 N–H and O–H groups in total. The summed E-state index contributed by atoms with van der Waals surface area (Å²) in [5.41, 5.74) is 0. The number of hydrogen-bond donors (Lipinski definition) is 1. The summed E-state index contributed by atoms with van der Waals surface area (Å²) in [6, 6.07) is 0.320. The van der Waals surface area contributed by atoms with Crippen LogP contribution in [0.5, 0.6) is 0 Å². The summed E-state index contributed by atoms with van der Waals surface area (Å²) in [6.07, 6.45) is 2.93. The molecule has 1 saturated heterocycles. The molecule has 0 spiro atoms. The smallest absolute Gasteiger partial charge is 0.165 e. The standard InChI is InChI=1S/C10H19N5OS/c1-2-5-11-8-10-12-13-14-15(10)9-3-6-17(16)7-4-9/h9,11H,2-8H2,1H3. The second-order valence-electron chi connectivity index (χ2n) is 4.30. The number of nitrogens with one attached hydrogen (secondary N) is 1. The van der Waals surface area contributed by atoms with Gasteiger partial charge in [-0.1, -0.05) is 6.92 Å². The van der Waals surface area contributed by atoms with Gasteiger partial charge in [-0.3, -0.25) is 4.21 Å². The van der Waals surface area contributed by atoms with Crippen LogP contribution in [0.3, 0.4) is 0 Å². The average Bonchev–Trinajstić information content (AvgIpc) is 2.79. The van der Waals surface area contributed by atoms with Crippen molar-refractivity contribution in [3.63, 3.8) is 0 Å². The number of hydrogen-bond acceptors (Lipinski definition) is 5. The van der Waals surface area contributed by atoms with Crippen molar-refractivity contribution in [3.8, 4) is 0 Å². The maximum absolute atomic E-state index is 11.3. The van der Waals surface area contributed by atoms with E-state index in [1.54, 1.807) is 0 Å². The first-order chi connectivity index (χ1) is 8.31. The molecule has 7 heteroatoms. The normalized spacial score (nSPS) is 25.0. The van der Waals surface area contributed by atoms with Crippen molar-refractivity contribution < 1.29 is 4.21 Å². The van der Waals surface area contributed by atoms with Crippen LogP contribution in [0.2, 0.25) is 0 Å². The molecule has 0 atom stereocenters. The van der Waals surface area contributed by atoms with Crippen LogP contribution in [-0.4, -0.2) is 42.5 Å². The maximum Gasteiger partial charge on any atom is 0.165 e. The topological polar surface area (TPSA) is 72.7 Å². The van der Waals surface area contributed by atoms with E-state index in [-0.39, 0.29) is 0 Å². The fourth-order valence-corrected chi connectivity index (χ4v) is 3.29. The molecule has 0 bridgehead atoms. The summed E-state index contributed by atoms with van der Waals surface area (Å²) in [4.78, 5) is 0. The molecule has 0 radical (unpaired) electrons. The van der Waals surface area contributed by atoms with Gasteiger partial charge in [0.25, 0.3) is 0 Å². The lowest BCUT2D eigenvalue weighted by atomic mass is 10.1. The van der Waals surface area contributed by atoms with Crippen LogP contribution in [0.4, 0.5) is 0 Å². The third-order valence-electron chi connectivity index (χ3n) is 2.97. The van der Waals surface area contributed by atoms with E-state index in [4.69, 9.17) is 0 Å². The summed E-state index contributed by atoms with van der Waals surface area (Å²) in [7, 11) is -0.633. The van der Waals surface area contributed by atoms with Gasteiger partial charge in [0.1, 0.15) is 0 Å². The Kier molecular flexibility index (Phi) is 4.61. The van der Waals surface area contributed by atoms with Crippen molar-refractivity contribution in [2.45, 2.75) is 38.8 Å². The van der Waals surface area contributed by atoms with Crippen LogP contribution in [-0.2, 0) is 17.3 Å². The van der Waals surface area contributed by atoms with Gasteiger partial charge < -0.3 is 5.32 Å². The fraction of sp³-hybridized carbons (Fsp3) is 0.900. The Labute approximate surface area is 104 Å². The quantitative estimate of drug-likeness (QED) is 0.766. The Morgan fingerprint density at radius 3 is 2.94 bits per heavy atom. The lowest BCUT2D eigenvalue weighted by Crippen LogP contribution is -2.26. The second-order valence-corrected chi connectivity index (χ2v) is 5.99. The molecule has 1 aromatic heterocycles. The van der Waals surface area contributed by atoms with Gasteiger partial charge in [-0.25, -0.2) is 4.68 Å². The van der Waals surface area contributed by atoms with E-state index in [1.807, 2.05) is 4.68 Å². The highest BCUT2D eigenvalue weighted by atomic mass is 32.2. The summed E-state index contributed by atoms with van der Waals surface area (Å²) < 4.78 is 13.2. The summed E-state index contributed by atoms with van der Waals surface area (Å²) in [6.45, 7) is 3.81. The van der Waals surface area contributed by atoms with Crippen molar-refractivity contribution >= 4 is 10.8 Å². The van der Waals surface area contributed by atoms with E-state index in [1.165, 1.54) is 0 Å². The highest BCUT2D eigenvalue weighted by Gasteiger charge is 2.22. The van der Waals surface area contributed by atoms with Gasteiger partial charge in [0, 0.05) is 22.3 Å². The number of nitrogens with zero attached hydrogens (tertiary/aromatic N) is 4. The number of rotatable bonds is 5. The van der Waals surface area contributed by atoms with Crippen LogP contribution in [0.25, 0.3) is 0 Å². The van der Waals surface area contributed by atoms with Crippen LogP contribution in [0.1, 0.15) is 38.1 Å². The third-order valence-corrected chi connectivity index (χ3v) is 4.36. The Morgan fingerprint density at radius 2 is 2.24 bits per heavy atom. The average molecular weight is 257 g/mol. The molecule has 0 aliphatic carbocycles. The number of tetrazole rings is 1. The summed E-state index contributed by atoms with van der Waals surface area (Å²) in [5.74, 6) is 2.43. The van der Waals surface area contributed by atoms with Crippen LogP contribution in [0, 0.1) is 0 Å². The van der Waals surface area contributed by atoms with Crippen LogP contribution < -0.4 is 5.32 Å². The van der Waals surface area contributed by atoms with E-state index >= 15 is 0 Å². The van der Waals surface area contributed by atoms with E-state index in [0.29, 0.717) is 12.6 Å². The summed E-state index contributed by atoms with van der Waals surface area (Å²) in [5, 5.41) is 15.2. The van der Waals surface area contributed by atoms with Gasteiger partial charge in [0.05, 0.1) is 12.6 Å². The van der Waals surface area contributed by atoms with Crippen molar-refractivity contribution in [1.82, 2.24) is 25.5 Å². The molecular formula is C10H19N5OS. The Morgan fingerprint density at radius 1 is 1.47 bits per heavy atom. The molecule has 1 aromatic rings. The largest absolute Gasteiger partial charge is 0.310 e. The molecule has 17 heavy (non-hydrogen) atoms. The molecular weight excluding hydrogens is 238 g/mol. The van der Waals surface area contributed by atoms with E-state index < -0.39 is 10.8 Å². The lowest BCUT2D eigenvalue weighted by molar-refractivity contribution is 0.394. The molecule has 96 valence electrons. The van der Waals surface area contributed by atoms with Gasteiger partial charge in [0.2, 0.25) is 0 Å². The zero-order chi connectivity index (χ0) is 12.1. The predicted molar refractivity (Wildman–Crippen MR) is 66.0 cm³/mol. The molecule has 0 aromatic carbocycles. The minimum absolute atomic E-state index is 0.320. The molecule has 1 aliphatic rings. The van der Waals surface area contributed by atoms with Gasteiger partial charge in [-0.15, -0.1) is 5.10 Å². The Hall–Kier alpha value is -0.820. The molecule has 2 heterocycles. The third kappa shape index (κ3) is 3.32. The van der Waals surface area contributed by atoms with Crippen molar-refractivity contribution in [3.05, 3.63) is 5.82 Å². The van der Waals surface area contributed by atoms with Crippen molar-refractivity contribution in [1.29, 1.82) is 0 Å². The number of aromatic nitrogens is 4. The molecule has 1 fully saturated rings. The predicted octanol–water partition coefficient (Wildman–Crippen LogP) is 0.256. The highest BCUT2D eigenvalue weighted by Crippen LogP contribution is 2.21. The lowest BCUT2D eigenvalue weighted by Gasteiger charge is -2.22. The SMILES string of the molecule is CCCNCc1nnnn1C1CCS(=O)CC1. The van der Waals surface area contributed by atoms with Gasteiger partial charge in [0.15, 0.2) is 5.82 Å². The maximum atomic E-state index is 11.3. The molecule has 0 amide bonds. The summed E-state index contributed by atoms with van der Waals surface area (Å²) >= 11 is 0. The minimum Gasteiger partial charge on any atom is -0.310 e. The van der Waals surface area contributed by atoms with Crippen molar-refractivity contribution in [2.75, 3.05) is 18.1 Å². The van der Waals surface area contributed by atoms with E-state index in [2.05, 4.69) is 27.8 Å². The zero-order valence-corrected chi connectivity index (χ0v) is 10.9. The molecule has 6 nitrogen and oxygen atoms in total. The van der Waals surface area contributed by atoms with Gasteiger partial charge in [-0.05, 0) is 36.2 Å². The molecule has 0 saturated carbocycles. The molecule has 1 aliphatic heterocycles. The zero-order valence-electron chi connectivity index (χ0n) is 10.1. The molecule has 0 unspecified atom stereocenters. The minimum atomic E-state index is -0.633. The first kappa shape index (κ1) is 12.6. The van der Waals surface area contributed by atoms with Gasteiger partial charge in [-0.2, -0.15) is 0 Å². The first-order valence-corrected chi connectivity index (χ1v) is 7.62. The van der Waals surface area contributed by atoms with Crippen LogP contribution >= 0.6 is 0 Å². The van der Waals surface area contributed by atoms with E-state index in [0.717, 1.165) is 43.1 Å². The molecule has 2 rings (SSSR count). The Balaban J connectivity index is 1.95. The van der Waals surface area contributed by atoms with Gasteiger partial charge >= 0.3 is 0 Å². The second kappa shape index (κ2) is 6.20. The van der Waals surface area contributed by atoms with Crippen LogP contribution in [0.15, 0.2) is 0 Å². The first-order valence-electron chi connectivity index (χ1n) is 6.13. The van der Waals surface area contributed by atoms with Crippen molar-refractivity contribution in [2.24, 2.45) is 0 Å². The highest BCUT2D eigenvalue weighted by molar-refractivity contribution is 7.85. The van der Waals surface area contributed by atoms with E-state index in [9.17, 15) is 4.21 Å².